The van der Waals surface area contributed by atoms with E-state index in [1.807, 2.05) is 50.5 Å². The van der Waals surface area contributed by atoms with Gasteiger partial charge in [-0.25, -0.2) is 9.13 Å². The molecular weight excluding hydrogens is 1260 g/mol. The molecule has 36 nitrogen and oxygen atoms in total. The third-order valence-electron chi connectivity index (χ3n) is 18.3. The monoisotopic (exact) mass is 1350 g/mol. The van der Waals surface area contributed by atoms with Crippen molar-refractivity contribution >= 4 is 0 Å². The fourth-order valence-electron chi connectivity index (χ4n) is 13.1. The highest BCUT2D eigenvalue weighted by Gasteiger charge is 2.60. The molecule has 0 amide bonds. The summed E-state index contributed by atoms with van der Waals surface area (Å²) in [6.45, 7) is 1.59. The number of para-hydroxylation sites is 1. The lowest BCUT2D eigenvalue weighted by Crippen LogP contribution is -2.68. The summed E-state index contributed by atoms with van der Waals surface area (Å²) in [5.41, 5.74) is 2.87. The van der Waals surface area contributed by atoms with Gasteiger partial charge in [0.1, 0.15) is 196 Å². The van der Waals surface area contributed by atoms with E-state index in [9.17, 15) is 102 Å². The summed E-state index contributed by atoms with van der Waals surface area (Å²) in [7, 11) is 0. The highest BCUT2D eigenvalue weighted by molar-refractivity contribution is 5.51. The van der Waals surface area contributed by atoms with Gasteiger partial charge in [-0.2, -0.15) is 0 Å². The van der Waals surface area contributed by atoms with E-state index in [0.717, 1.165) is 16.8 Å². The highest BCUT2D eigenvalue weighted by Crippen LogP contribution is 2.40. The van der Waals surface area contributed by atoms with E-state index < -0.39 is 255 Å². The van der Waals surface area contributed by atoms with Crippen molar-refractivity contribution in [2.75, 3.05) is 39.6 Å². The van der Waals surface area contributed by atoms with Crippen LogP contribution in [0.5, 0.6) is 0 Å². The largest absolute Gasteiger partial charge is 0.394 e. The van der Waals surface area contributed by atoms with Gasteiger partial charge in [-0.3, -0.25) is 0 Å². The van der Waals surface area contributed by atoms with Gasteiger partial charge >= 0.3 is 0 Å². The van der Waals surface area contributed by atoms with Gasteiger partial charge in [0.05, 0.1) is 39.6 Å². The molecule has 22 heterocycles. The fraction of sp³-hybridized carbons (Fsp3) is 0.842. The molecule has 21 aliphatic heterocycles. The Labute approximate surface area is 530 Å². The Morgan fingerprint density at radius 3 is 0.753 bits per heavy atom. The van der Waals surface area contributed by atoms with E-state index in [2.05, 4.69) is 0 Å². The van der Waals surface area contributed by atoms with E-state index >= 15 is 0 Å². The quantitative estimate of drug-likeness (QED) is 0.0929. The molecule has 0 aliphatic carbocycles. The number of aromatic nitrogens is 2. The molecule has 1 aromatic heterocycles. The Morgan fingerprint density at radius 1 is 0.323 bits per heavy atom. The van der Waals surface area contributed by atoms with Gasteiger partial charge in [-0.1, -0.05) is 45.9 Å². The smallest absolute Gasteiger partial charge is 0.249 e. The average molecular weight is 1350 g/mol. The van der Waals surface area contributed by atoms with Gasteiger partial charge < -0.3 is 168 Å². The molecule has 0 unspecified atom stereocenters. The van der Waals surface area contributed by atoms with Crippen LogP contribution >= 0.6 is 0 Å². The molecule has 93 heavy (non-hydrogen) atoms. The Balaban J connectivity index is 0.972. The molecule has 35 atom stereocenters. The van der Waals surface area contributed by atoms with Gasteiger partial charge in [0.25, 0.3) is 0 Å². The third-order valence-corrected chi connectivity index (χ3v) is 18.3. The zero-order chi connectivity index (χ0) is 67.3. The van der Waals surface area contributed by atoms with E-state index in [1.165, 1.54) is 0 Å². The molecular formula is C57H89N2O34+. The maximum Gasteiger partial charge on any atom is 0.249 e. The highest BCUT2D eigenvalue weighted by atomic mass is 16.8. The average Bonchev–Trinajstić information content (AvgIpc) is 1.07. The Bertz CT molecular complexity index is 2640. The van der Waals surface area contributed by atoms with Crippen LogP contribution in [0.4, 0.5) is 0 Å². The normalized spacial score (nSPS) is 48.0. The number of hydrogen-bond donors (Lipinski definition) is 20. The van der Waals surface area contributed by atoms with Gasteiger partial charge in [0, 0.05) is 11.1 Å². The first-order valence-corrected chi connectivity index (χ1v) is 30.8. The maximum atomic E-state index is 12.1. The Hall–Kier alpha value is -2.93. The molecule has 21 aliphatic rings. The van der Waals surface area contributed by atoms with Crippen LogP contribution in [0, 0.1) is 0 Å². The number of hydrogen-bond acceptors (Lipinski definition) is 34. The number of imidazole rings is 1. The van der Waals surface area contributed by atoms with Crippen LogP contribution in [0.25, 0.3) is 5.69 Å². The van der Waals surface area contributed by atoms with Crippen LogP contribution in [-0.4, -0.2) is 361 Å². The summed E-state index contributed by atoms with van der Waals surface area (Å²) in [6.07, 6.45) is -64.8. The fourth-order valence-corrected chi connectivity index (χ4v) is 13.1. The van der Waals surface area contributed by atoms with Crippen LogP contribution < -0.4 is 4.57 Å². The Kier molecular flexibility index (Phi) is 24.0. The predicted molar refractivity (Wildman–Crippen MR) is 295 cm³/mol. The van der Waals surface area contributed by atoms with Crippen LogP contribution in [0.3, 0.4) is 0 Å². The minimum Gasteiger partial charge on any atom is -0.394 e. The van der Waals surface area contributed by atoms with E-state index in [-0.39, 0.29) is 18.4 Å². The van der Waals surface area contributed by atoms with Crippen molar-refractivity contribution in [2.45, 2.75) is 261 Å². The zero-order valence-electron chi connectivity index (χ0n) is 50.8. The van der Waals surface area contributed by atoms with Crippen molar-refractivity contribution in [1.82, 2.24) is 4.57 Å². The molecule has 23 rings (SSSR count). The van der Waals surface area contributed by atoms with Crippen molar-refractivity contribution in [3.05, 3.63) is 48.0 Å². The summed E-state index contributed by atoms with van der Waals surface area (Å²) < 4.78 is 86.0. The number of rotatable bonds is 11. The van der Waals surface area contributed by atoms with Crippen molar-refractivity contribution in [3.8, 4) is 5.69 Å². The first-order valence-electron chi connectivity index (χ1n) is 30.8. The second-order valence-electron chi connectivity index (χ2n) is 25.1. The van der Waals surface area contributed by atoms with E-state index in [1.54, 1.807) is 23.3 Å². The second kappa shape index (κ2) is 30.7. The zero-order valence-corrected chi connectivity index (χ0v) is 50.8. The number of aliphatic hydroxyl groups is 20. The standard InChI is InChI=1S/C57H89N2O34/c1-18(2)20-6-5-7-21(19(3)4)29(20)59-9-8-58(17-59)10-22-44-30(66)37(73)51(80-22)88-45-23(11-60)82-53(39(75)32(45)68)90-47-25(13-62)84-55(41(77)34(47)70)92-49-27(15-64)86-57(43(79)36(49)72)93-50-28(16-65)85-56(42(78)35(50)71)91-48-26(14-63)83-54(40(76)33(48)69)89-46-24(12-61)81-52(87-44)38(74)31(46)67/h5-9,17-19,22-28,30-57,60-79H,10-16H2,1-4H3/q+1/t22-,23-,24-,25-,26-,27-,28-,30-,31-,32-,33-,34-,35-,36-,37-,38-,39-,40-,41-,42-,43-,44-,45-,46-,47-,48-,49-,50-,51-,52-,53-,54-,55-,56-,57-/m1/s1. The third kappa shape index (κ3) is 14.5. The summed E-state index contributed by atoms with van der Waals surface area (Å²) >= 11 is 0. The lowest BCUT2D eigenvalue weighted by molar-refractivity contribution is -0.707. The van der Waals surface area contributed by atoms with Crippen molar-refractivity contribution in [1.29, 1.82) is 0 Å². The molecule has 36 heteroatoms. The molecule has 20 N–H and O–H groups in total. The topological polar surface area (TPSA) is 543 Å². The van der Waals surface area contributed by atoms with Gasteiger partial charge in [-0.05, 0) is 11.8 Å². The van der Waals surface area contributed by atoms with Crippen LogP contribution in [0.15, 0.2) is 36.9 Å². The van der Waals surface area contributed by atoms with Crippen molar-refractivity contribution in [3.63, 3.8) is 0 Å². The summed E-state index contributed by atoms with van der Waals surface area (Å²) in [6, 6.07) is 5.93. The van der Waals surface area contributed by atoms with Crippen molar-refractivity contribution < 1.29 is 173 Å². The molecule has 14 bridgehead atoms. The van der Waals surface area contributed by atoms with Gasteiger partial charge in [0.15, 0.2) is 44.0 Å². The minimum absolute atomic E-state index is 0.0635. The number of aliphatic hydroxyl groups excluding tert-OH is 20. The first kappa shape index (κ1) is 72.8. The molecule has 0 spiro atoms. The predicted octanol–water partition coefficient (Wildman–Crippen LogP) is -11.2. The minimum atomic E-state index is -2.21. The molecule has 0 saturated carbocycles. The number of benzene rings is 1. The number of ether oxygens (including phenoxy) is 14. The van der Waals surface area contributed by atoms with Crippen LogP contribution in [-0.2, 0) is 72.9 Å². The SMILES string of the molecule is CC(C)c1cccc(C(C)C)c1-n1cc[n+](C[C@H]2O[C@@H]3O[C@H]4[C@H](O)[C@@H](O)[C@@H](O[C@H]5[C@H](O)[C@@H](O)[C@@H](O[C@H]6[C@H](O)[C@@H](O)[C@@H](O[C@H]7[C@H](O)[C@@H](O)[C@@H](O[C@H]8[C@H](O)[C@@H](O)[C@@H](O[C@H]9[C@H](O)[C@@H](O)[C@@H](O[C@H]2[C@H](O)[C@H]3O)O[C@@H]9CO)O[C@@H]8CO)O[C@@H]7CO)O[C@@H]6CO)O[C@@H]5CO)O[C@@H]4CO)c1. The summed E-state index contributed by atoms with van der Waals surface area (Å²) in [4.78, 5) is 0. The molecule has 2 aromatic rings. The number of nitrogens with zero attached hydrogens (tertiary/aromatic N) is 2. The van der Waals surface area contributed by atoms with E-state index in [0.29, 0.717) is 0 Å². The first-order chi connectivity index (χ1) is 44.3. The summed E-state index contributed by atoms with van der Waals surface area (Å²) in [5, 5.41) is 226. The molecule has 0 radical (unpaired) electrons. The maximum absolute atomic E-state index is 12.1. The lowest BCUT2D eigenvalue weighted by atomic mass is 9.92. The second-order valence-corrected chi connectivity index (χ2v) is 25.1. The molecule has 530 valence electrons. The molecule has 21 fully saturated rings. The van der Waals surface area contributed by atoms with Gasteiger partial charge in [-0.15, -0.1) is 0 Å². The van der Waals surface area contributed by atoms with Crippen molar-refractivity contribution in [2.24, 2.45) is 0 Å². The Morgan fingerprint density at radius 2 is 0.538 bits per heavy atom. The van der Waals surface area contributed by atoms with E-state index in [4.69, 9.17) is 66.3 Å². The summed E-state index contributed by atoms with van der Waals surface area (Å²) in [5.74, 6) is 0.127. The molecule has 21 saturated heterocycles. The van der Waals surface area contributed by atoms with Crippen LogP contribution in [0.1, 0.15) is 50.7 Å². The lowest BCUT2D eigenvalue weighted by Gasteiger charge is -2.50. The van der Waals surface area contributed by atoms with Gasteiger partial charge in [0.2, 0.25) is 6.33 Å². The molecule has 1 aromatic carbocycles. The van der Waals surface area contributed by atoms with Crippen LogP contribution in [0.2, 0.25) is 0 Å².